The van der Waals surface area contributed by atoms with Gasteiger partial charge in [-0.1, -0.05) is 0 Å². The van der Waals surface area contributed by atoms with E-state index in [-0.39, 0.29) is 18.2 Å². The second kappa shape index (κ2) is 7.88. The van der Waals surface area contributed by atoms with E-state index in [1.165, 1.54) is 10.5 Å². The number of nitrogens with zero attached hydrogens (tertiary/aromatic N) is 4. The van der Waals surface area contributed by atoms with Gasteiger partial charge in [0.15, 0.2) is 5.82 Å². The second-order valence-electron chi connectivity index (χ2n) is 6.11. The molecular formula is C17H21N5O3S. The van der Waals surface area contributed by atoms with Crippen molar-refractivity contribution in [2.24, 2.45) is 0 Å². The number of carbonyl (C=O) groups excluding carboxylic acids is 1. The summed E-state index contributed by atoms with van der Waals surface area (Å²) < 4.78 is 25.8. The van der Waals surface area contributed by atoms with Crippen molar-refractivity contribution in [1.82, 2.24) is 24.6 Å². The number of nitrogens with one attached hydrogen (secondary N) is 1. The molecule has 2 aromatic heterocycles. The summed E-state index contributed by atoms with van der Waals surface area (Å²) in [4.78, 5) is 24.9. The lowest BCUT2D eigenvalue weighted by atomic mass is 10.2. The maximum absolute atomic E-state index is 12.3. The minimum Gasteiger partial charge on any atom is -0.351 e. The topological polar surface area (TPSA) is 105 Å². The molecule has 1 saturated heterocycles. The lowest BCUT2D eigenvalue weighted by Gasteiger charge is -2.15. The zero-order valence-electron chi connectivity index (χ0n) is 14.6. The van der Waals surface area contributed by atoms with Gasteiger partial charge in [0.1, 0.15) is 0 Å². The van der Waals surface area contributed by atoms with Crippen LogP contribution in [0.3, 0.4) is 0 Å². The van der Waals surface area contributed by atoms with E-state index in [1.54, 1.807) is 25.4 Å². The van der Waals surface area contributed by atoms with E-state index in [1.807, 2.05) is 6.07 Å². The van der Waals surface area contributed by atoms with Gasteiger partial charge in [0.25, 0.3) is 5.91 Å². The van der Waals surface area contributed by atoms with Crippen LogP contribution in [0.1, 0.15) is 28.9 Å². The molecule has 2 aromatic rings. The molecule has 0 radical (unpaired) electrons. The zero-order valence-corrected chi connectivity index (χ0v) is 15.4. The molecule has 3 rings (SSSR count). The van der Waals surface area contributed by atoms with Crippen LogP contribution in [0.15, 0.2) is 30.7 Å². The fourth-order valence-corrected chi connectivity index (χ4v) is 4.24. The number of hydrogen-bond donors (Lipinski definition) is 1. The summed E-state index contributed by atoms with van der Waals surface area (Å²) >= 11 is 0. The van der Waals surface area contributed by atoms with Crippen molar-refractivity contribution in [2.75, 3.05) is 25.4 Å². The van der Waals surface area contributed by atoms with E-state index in [9.17, 15) is 13.2 Å². The van der Waals surface area contributed by atoms with Crippen LogP contribution < -0.4 is 5.32 Å². The van der Waals surface area contributed by atoms with E-state index in [0.29, 0.717) is 30.2 Å². The van der Waals surface area contributed by atoms with Crippen LogP contribution in [0, 0.1) is 6.92 Å². The predicted molar refractivity (Wildman–Crippen MR) is 96.9 cm³/mol. The first-order chi connectivity index (χ1) is 12.5. The number of rotatable bonds is 6. The molecule has 0 unspecified atom stereocenters. The van der Waals surface area contributed by atoms with Crippen LogP contribution in [0.25, 0.3) is 11.4 Å². The molecule has 0 aromatic carbocycles. The first-order valence-corrected chi connectivity index (χ1v) is 10.1. The van der Waals surface area contributed by atoms with E-state index in [0.717, 1.165) is 18.4 Å². The lowest BCUT2D eigenvalue weighted by Crippen LogP contribution is -2.36. The van der Waals surface area contributed by atoms with Crippen LogP contribution >= 0.6 is 0 Å². The molecule has 1 fully saturated rings. The third-order valence-electron chi connectivity index (χ3n) is 4.25. The predicted octanol–water partition coefficient (Wildman–Crippen LogP) is 1.00. The molecule has 3 heterocycles. The Hall–Kier alpha value is -2.39. The van der Waals surface area contributed by atoms with Crippen molar-refractivity contribution in [2.45, 2.75) is 19.8 Å². The van der Waals surface area contributed by atoms with Gasteiger partial charge >= 0.3 is 0 Å². The molecule has 1 amide bonds. The van der Waals surface area contributed by atoms with Gasteiger partial charge in [-0.2, -0.15) is 0 Å². The third kappa shape index (κ3) is 4.23. The molecular weight excluding hydrogens is 354 g/mol. The Morgan fingerprint density at radius 1 is 1.27 bits per heavy atom. The minimum atomic E-state index is -3.31. The van der Waals surface area contributed by atoms with Gasteiger partial charge in [-0.3, -0.25) is 9.78 Å². The van der Waals surface area contributed by atoms with Crippen molar-refractivity contribution < 1.29 is 13.2 Å². The van der Waals surface area contributed by atoms with Gasteiger partial charge in [-0.15, -0.1) is 0 Å². The summed E-state index contributed by atoms with van der Waals surface area (Å²) in [5.74, 6) is 0.00694. The lowest BCUT2D eigenvalue weighted by molar-refractivity contribution is 0.0954. The Bertz CT molecular complexity index is 881. The Labute approximate surface area is 152 Å². The van der Waals surface area contributed by atoms with Crippen LogP contribution in [-0.4, -0.2) is 59.0 Å². The summed E-state index contributed by atoms with van der Waals surface area (Å²) in [6.45, 7) is 2.91. The molecule has 0 saturated carbocycles. The maximum atomic E-state index is 12.3. The highest BCUT2D eigenvalue weighted by atomic mass is 32.2. The highest BCUT2D eigenvalue weighted by Gasteiger charge is 2.25. The summed E-state index contributed by atoms with van der Waals surface area (Å²) in [6.07, 6.45) is 6.55. The standard InChI is InChI=1S/C17H21N5O3S/c1-13-15(12-20-16(21-13)14-5-4-6-18-11-14)17(23)19-7-10-26(24,25)22-8-2-3-9-22/h4-6,11-12H,2-3,7-10H2,1H3,(H,19,23). The zero-order chi connectivity index (χ0) is 18.6. The Morgan fingerprint density at radius 2 is 2.04 bits per heavy atom. The maximum Gasteiger partial charge on any atom is 0.254 e. The Balaban J connectivity index is 1.61. The number of pyridine rings is 1. The average molecular weight is 375 g/mol. The molecule has 0 atom stereocenters. The Morgan fingerprint density at radius 3 is 2.69 bits per heavy atom. The van der Waals surface area contributed by atoms with Crippen molar-refractivity contribution in [3.8, 4) is 11.4 Å². The van der Waals surface area contributed by atoms with Crippen LogP contribution in [0.2, 0.25) is 0 Å². The van der Waals surface area contributed by atoms with Crippen molar-refractivity contribution >= 4 is 15.9 Å². The molecule has 0 aliphatic carbocycles. The molecule has 1 N–H and O–H groups in total. The number of aryl methyl sites for hydroxylation is 1. The number of hydrogen-bond acceptors (Lipinski definition) is 6. The van der Waals surface area contributed by atoms with Gasteiger partial charge in [-0.25, -0.2) is 22.7 Å². The largest absolute Gasteiger partial charge is 0.351 e. The molecule has 1 aliphatic heterocycles. The van der Waals surface area contributed by atoms with Crippen LogP contribution in [-0.2, 0) is 10.0 Å². The summed E-state index contributed by atoms with van der Waals surface area (Å²) in [7, 11) is -3.31. The number of amides is 1. The van der Waals surface area contributed by atoms with Gasteiger partial charge in [0.2, 0.25) is 10.0 Å². The third-order valence-corrected chi connectivity index (χ3v) is 6.12. The van der Waals surface area contributed by atoms with Gasteiger partial charge < -0.3 is 5.32 Å². The molecule has 0 spiro atoms. The Kier molecular flexibility index (Phi) is 5.58. The second-order valence-corrected chi connectivity index (χ2v) is 8.20. The molecule has 1 aliphatic rings. The number of aromatic nitrogens is 3. The molecule has 26 heavy (non-hydrogen) atoms. The summed E-state index contributed by atoms with van der Waals surface area (Å²) in [6, 6.07) is 3.63. The summed E-state index contributed by atoms with van der Waals surface area (Å²) in [5.41, 5.74) is 1.62. The van der Waals surface area contributed by atoms with Crippen molar-refractivity contribution in [3.05, 3.63) is 42.0 Å². The van der Waals surface area contributed by atoms with Crippen LogP contribution in [0.4, 0.5) is 0 Å². The fraction of sp³-hybridized carbons (Fsp3) is 0.412. The minimum absolute atomic E-state index is 0.0570. The molecule has 138 valence electrons. The highest BCUT2D eigenvalue weighted by molar-refractivity contribution is 7.89. The van der Waals surface area contributed by atoms with Gasteiger partial charge in [-0.05, 0) is 31.9 Å². The number of carbonyl (C=O) groups is 1. The smallest absolute Gasteiger partial charge is 0.254 e. The SMILES string of the molecule is Cc1nc(-c2cccnc2)ncc1C(=O)NCCS(=O)(=O)N1CCCC1. The summed E-state index contributed by atoms with van der Waals surface area (Å²) in [5, 5.41) is 2.64. The van der Waals surface area contributed by atoms with Crippen molar-refractivity contribution in [3.63, 3.8) is 0 Å². The van der Waals surface area contributed by atoms with Gasteiger partial charge in [0, 0.05) is 43.8 Å². The molecule has 8 nitrogen and oxygen atoms in total. The fourth-order valence-electron chi connectivity index (χ4n) is 2.81. The van der Waals surface area contributed by atoms with Gasteiger partial charge in [0.05, 0.1) is 17.0 Å². The average Bonchev–Trinajstić information content (AvgIpc) is 3.18. The first-order valence-electron chi connectivity index (χ1n) is 8.47. The van der Waals surface area contributed by atoms with E-state index < -0.39 is 10.0 Å². The monoisotopic (exact) mass is 375 g/mol. The molecule has 9 heteroatoms. The number of sulfonamides is 1. The van der Waals surface area contributed by atoms with E-state index in [4.69, 9.17) is 0 Å². The van der Waals surface area contributed by atoms with E-state index in [2.05, 4.69) is 20.3 Å². The normalized spacial score (nSPS) is 15.1. The highest BCUT2D eigenvalue weighted by Crippen LogP contribution is 2.15. The molecule has 0 bridgehead atoms. The first kappa shape index (κ1) is 18.4. The quantitative estimate of drug-likeness (QED) is 0.808. The van der Waals surface area contributed by atoms with Crippen molar-refractivity contribution in [1.29, 1.82) is 0 Å². The van der Waals surface area contributed by atoms with Crippen LogP contribution in [0.5, 0.6) is 0 Å². The van der Waals surface area contributed by atoms with E-state index >= 15 is 0 Å².